The number of nitrogens with zero attached hydrogens (tertiary/aromatic N) is 2. The van der Waals surface area contributed by atoms with Crippen molar-refractivity contribution < 1.29 is 14.4 Å². The summed E-state index contributed by atoms with van der Waals surface area (Å²) in [6, 6.07) is 2.77. The molecule has 0 aliphatic heterocycles. The minimum atomic E-state index is -1.17. The molecule has 1 aromatic rings. The molecule has 4 heteroatoms. The molecule has 0 saturated carbocycles. The molecule has 1 rings (SSSR count). The zero-order valence-corrected chi connectivity index (χ0v) is 11.8. The maximum Gasteiger partial charge on any atom is 0.0757 e. The van der Waals surface area contributed by atoms with Gasteiger partial charge in [0, 0.05) is 18.0 Å². The summed E-state index contributed by atoms with van der Waals surface area (Å²) in [5.74, 6) is -1.17. The average Bonchev–Trinajstić information content (AvgIpc) is 2.44. The lowest BCUT2D eigenvalue weighted by molar-refractivity contribution is -0.921. The van der Waals surface area contributed by atoms with Gasteiger partial charge in [0.1, 0.15) is 0 Å². The second kappa shape index (κ2) is 8.64. The van der Waals surface area contributed by atoms with E-state index in [0.717, 1.165) is 0 Å². The van der Waals surface area contributed by atoms with Crippen molar-refractivity contribution >= 4 is 5.97 Å². The number of carbonyl (C=O) groups is 1. The van der Waals surface area contributed by atoms with Crippen LogP contribution in [0, 0.1) is 0 Å². The first-order valence-electron chi connectivity index (χ1n) is 6.51. The van der Waals surface area contributed by atoms with Gasteiger partial charge in [-0.15, -0.1) is 0 Å². The van der Waals surface area contributed by atoms with Gasteiger partial charge >= 0.3 is 0 Å². The first-order chi connectivity index (χ1) is 8.55. The summed E-state index contributed by atoms with van der Waals surface area (Å²) >= 11 is 0. The van der Waals surface area contributed by atoms with Gasteiger partial charge in [-0.2, -0.15) is 0 Å². The second-order valence-electron chi connectivity index (χ2n) is 4.13. The summed E-state index contributed by atoms with van der Waals surface area (Å²) in [4.78, 5) is 13.7. The standard InChI is InChI=1S/C8H20N.C6H5NO2/c1-5-9(6-2,7-3)8-4;8-6(9)5-1-3-7-4-2-5/h5-8H2,1-4H3;1-4H,(H,8,9)/q+1;/p-1. The molecule has 1 aromatic heterocycles. The molecule has 102 valence electrons. The highest BCUT2D eigenvalue weighted by Gasteiger charge is 2.16. The zero-order chi connectivity index (χ0) is 14.0. The van der Waals surface area contributed by atoms with Crippen LogP contribution < -0.4 is 5.11 Å². The molecule has 0 radical (unpaired) electrons. The Balaban J connectivity index is 0.000000321. The third-order valence-electron chi connectivity index (χ3n) is 3.60. The van der Waals surface area contributed by atoms with Gasteiger partial charge in [-0.25, -0.2) is 0 Å². The lowest BCUT2D eigenvalue weighted by atomic mass is 10.3. The van der Waals surface area contributed by atoms with E-state index >= 15 is 0 Å². The lowest BCUT2D eigenvalue weighted by Crippen LogP contribution is -2.47. The normalized spacial score (nSPS) is 10.4. The molecule has 1 heterocycles. The Kier molecular flexibility index (Phi) is 7.96. The number of carbonyl (C=O) groups excluding carboxylic acids is 1. The van der Waals surface area contributed by atoms with Gasteiger partial charge in [-0.1, -0.05) is 0 Å². The largest absolute Gasteiger partial charge is 0.545 e. The summed E-state index contributed by atoms with van der Waals surface area (Å²) < 4.78 is 1.28. The summed E-state index contributed by atoms with van der Waals surface area (Å²) in [6.45, 7) is 14.2. The molecular formula is C14H24N2O2. The summed E-state index contributed by atoms with van der Waals surface area (Å²) in [6.07, 6.45) is 2.82. The third-order valence-corrected chi connectivity index (χ3v) is 3.60. The van der Waals surface area contributed by atoms with Crippen molar-refractivity contribution in [2.24, 2.45) is 0 Å². The van der Waals surface area contributed by atoms with Crippen molar-refractivity contribution in [3.8, 4) is 0 Å². The molecule has 0 aromatic carbocycles. The van der Waals surface area contributed by atoms with Crippen LogP contribution in [0.1, 0.15) is 38.1 Å². The quantitative estimate of drug-likeness (QED) is 0.743. The summed E-state index contributed by atoms with van der Waals surface area (Å²) in [5, 5.41) is 10.1. The number of hydrogen-bond donors (Lipinski definition) is 0. The van der Waals surface area contributed by atoms with Crippen LogP contribution in [-0.4, -0.2) is 41.6 Å². The average molecular weight is 252 g/mol. The molecule has 0 bridgehead atoms. The van der Waals surface area contributed by atoms with Gasteiger partial charge in [0.15, 0.2) is 0 Å². The van der Waals surface area contributed by atoms with Crippen molar-refractivity contribution in [2.75, 3.05) is 26.2 Å². The highest BCUT2D eigenvalue weighted by molar-refractivity contribution is 5.85. The van der Waals surface area contributed by atoms with E-state index < -0.39 is 5.97 Å². The Bertz CT molecular complexity index is 317. The number of carboxylic acids is 1. The molecule has 0 amide bonds. The second-order valence-corrected chi connectivity index (χ2v) is 4.13. The van der Waals surface area contributed by atoms with E-state index in [1.807, 2.05) is 0 Å². The minimum absolute atomic E-state index is 0.157. The Morgan fingerprint density at radius 1 is 1.06 bits per heavy atom. The molecular weight excluding hydrogens is 228 g/mol. The molecule has 0 spiro atoms. The highest BCUT2D eigenvalue weighted by atomic mass is 16.4. The van der Waals surface area contributed by atoms with E-state index in [4.69, 9.17) is 0 Å². The van der Waals surface area contributed by atoms with Crippen molar-refractivity contribution in [3.05, 3.63) is 30.1 Å². The van der Waals surface area contributed by atoms with Gasteiger partial charge in [-0.05, 0) is 39.8 Å². The van der Waals surface area contributed by atoms with Crippen LogP contribution in [0.2, 0.25) is 0 Å². The maximum absolute atomic E-state index is 10.1. The number of aromatic nitrogens is 1. The maximum atomic E-state index is 10.1. The van der Waals surface area contributed by atoms with Gasteiger partial charge < -0.3 is 14.4 Å². The van der Waals surface area contributed by atoms with E-state index in [2.05, 4.69) is 32.7 Å². The molecule has 0 saturated heterocycles. The lowest BCUT2D eigenvalue weighted by Gasteiger charge is -2.34. The molecule has 0 aliphatic rings. The first-order valence-corrected chi connectivity index (χ1v) is 6.51. The Morgan fingerprint density at radius 2 is 1.44 bits per heavy atom. The number of rotatable bonds is 5. The Labute approximate surface area is 110 Å². The molecule has 0 atom stereocenters. The van der Waals surface area contributed by atoms with Crippen LogP contribution in [0.5, 0.6) is 0 Å². The number of aromatic carboxylic acids is 1. The van der Waals surface area contributed by atoms with E-state index in [-0.39, 0.29) is 5.56 Å². The molecule has 18 heavy (non-hydrogen) atoms. The van der Waals surface area contributed by atoms with Crippen molar-refractivity contribution in [1.29, 1.82) is 0 Å². The van der Waals surface area contributed by atoms with Crippen LogP contribution in [0.4, 0.5) is 0 Å². The van der Waals surface area contributed by atoms with Gasteiger partial charge in [0.25, 0.3) is 0 Å². The predicted octanol–water partition coefficient (Wildman–Crippen LogP) is 1.33. The molecule has 0 unspecified atom stereocenters. The summed E-state index contributed by atoms with van der Waals surface area (Å²) in [5.41, 5.74) is 0.157. The van der Waals surface area contributed by atoms with E-state index in [1.54, 1.807) is 0 Å². The Hall–Kier alpha value is -1.42. The number of hydrogen-bond acceptors (Lipinski definition) is 3. The Morgan fingerprint density at radius 3 is 1.61 bits per heavy atom. The van der Waals surface area contributed by atoms with Crippen molar-refractivity contribution in [3.63, 3.8) is 0 Å². The van der Waals surface area contributed by atoms with Crippen LogP contribution in [0.25, 0.3) is 0 Å². The number of quaternary nitrogens is 1. The predicted molar refractivity (Wildman–Crippen MR) is 71.0 cm³/mol. The van der Waals surface area contributed by atoms with Gasteiger partial charge in [0.2, 0.25) is 0 Å². The van der Waals surface area contributed by atoms with Gasteiger partial charge in [0.05, 0.1) is 32.1 Å². The van der Waals surface area contributed by atoms with Crippen LogP contribution in [0.15, 0.2) is 24.5 Å². The first kappa shape index (κ1) is 16.6. The fourth-order valence-corrected chi connectivity index (χ4v) is 1.83. The van der Waals surface area contributed by atoms with E-state index in [0.29, 0.717) is 0 Å². The molecule has 0 aliphatic carbocycles. The number of pyridine rings is 1. The fourth-order valence-electron chi connectivity index (χ4n) is 1.83. The molecule has 0 N–H and O–H groups in total. The molecule has 0 fully saturated rings. The third kappa shape index (κ3) is 5.27. The topological polar surface area (TPSA) is 53.0 Å². The van der Waals surface area contributed by atoms with Crippen LogP contribution >= 0.6 is 0 Å². The highest BCUT2D eigenvalue weighted by Crippen LogP contribution is 2.03. The van der Waals surface area contributed by atoms with Gasteiger partial charge in [-0.3, -0.25) is 4.98 Å². The monoisotopic (exact) mass is 252 g/mol. The van der Waals surface area contributed by atoms with Crippen molar-refractivity contribution in [1.82, 2.24) is 4.98 Å². The fraction of sp³-hybridized carbons (Fsp3) is 0.571. The number of carboxylic acid groups (broad SMARTS) is 1. The van der Waals surface area contributed by atoms with Crippen LogP contribution in [0.3, 0.4) is 0 Å². The van der Waals surface area contributed by atoms with E-state index in [1.165, 1.54) is 55.2 Å². The SMILES string of the molecule is CC[N+](CC)(CC)CC.O=C([O-])c1ccncc1. The molecule has 4 nitrogen and oxygen atoms in total. The minimum Gasteiger partial charge on any atom is -0.545 e. The van der Waals surface area contributed by atoms with E-state index in [9.17, 15) is 9.90 Å². The van der Waals surface area contributed by atoms with Crippen LogP contribution in [-0.2, 0) is 0 Å². The summed E-state index contributed by atoms with van der Waals surface area (Å²) in [7, 11) is 0. The van der Waals surface area contributed by atoms with Crippen molar-refractivity contribution in [2.45, 2.75) is 27.7 Å². The zero-order valence-electron chi connectivity index (χ0n) is 11.8. The smallest absolute Gasteiger partial charge is 0.0757 e.